The minimum absolute atomic E-state index is 0.251. The van der Waals surface area contributed by atoms with Gasteiger partial charge in [-0.3, -0.25) is 0 Å². The van der Waals surface area contributed by atoms with Crippen LogP contribution >= 0.6 is 0 Å². The highest BCUT2D eigenvalue weighted by atomic mass is 28.3. The molecule has 2 rings (SSSR count). The summed E-state index contributed by atoms with van der Waals surface area (Å²) in [6, 6.07) is 8.81. The zero-order chi connectivity index (χ0) is 11.3. The molecule has 15 heavy (non-hydrogen) atoms. The van der Waals surface area contributed by atoms with Gasteiger partial charge in [0.2, 0.25) is 0 Å². The van der Waals surface area contributed by atoms with Crippen LogP contribution in [0.5, 0.6) is 0 Å². The highest BCUT2D eigenvalue weighted by molar-refractivity contribution is 6.84. The quantitative estimate of drug-likeness (QED) is 0.616. The van der Waals surface area contributed by atoms with Crippen molar-refractivity contribution in [2.75, 3.05) is 0 Å². The monoisotopic (exact) mass is 216 g/mol. The summed E-state index contributed by atoms with van der Waals surface area (Å²) in [6.07, 6.45) is 2.43. The number of rotatable bonds is 1. The van der Waals surface area contributed by atoms with E-state index >= 15 is 0 Å². The molecule has 1 heteroatoms. The van der Waals surface area contributed by atoms with Gasteiger partial charge in [0.05, 0.1) is 8.07 Å². The SMILES string of the molecule is CC1(C)C([Si](C)(C)C)=Cc2ccccc21. The van der Waals surface area contributed by atoms with Gasteiger partial charge in [-0.2, -0.15) is 0 Å². The number of allylic oxidation sites excluding steroid dienone is 1. The van der Waals surface area contributed by atoms with Crippen LogP contribution in [0.25, 0.3) is 6.08 Å². The van der Waals surface area contributed by atoms with Crippen LogP contribution in [-0.2, 0) is 5.41 Å². The molecule has 1 aliphatic rings. The molecule has 0 spiro atoms. The van der Waals surface area contributed by atoms with E-state index < -0.39 is 8.07 Å². The van der Waals surface area contributed by atoms with Crippen molar-refractivity contribution >= 4 is 14.1 Å². The fourth-order valence-corrected chi connectivity index (χ4v) is 5.43. The Labute approximate surface area is 94.0 Å². The van der Waals surface area contributed by atoms with Crippen LogP contribution in [0.15, 0.2) is 29.5 Å². The lowest BCUT2D eigenvalue weighted by atomic mass is 9.87. The minimum atomic E-state index is -1.20. The summed E-state index contributed by atoms with van der Waals surface area (Å²) in [4.78, 5) is 0. The fraction of sp³-hybridized carbons (Fsp3) is 0.429. The lowest BCUT2D eigenvalue weighted by molar-refractivity contribution is 0.663. The molecule has 0 N–H and O–H groups in total. The predicted octanol–water partition coefficient (Wildman–Crippen LogP) is 4.24. The molecule has 1 aliphatic carbocycles. The molecule has 0 bridgehead atoms. The number of hydrogen-bond acceptors (Lipinski definition) is 0. The van der Waals surface area contributed by atoms with E-state index in [4.69, 9.17) is 0 Å². The molecule has 0 saturated carbocycles. The molecule has 0 atom stereocenters. The summed E-state index contributed by atoms with van der Waals surface area (Å²) in [5, 5.41) is 1.68. The molecule has 0 aliphatic heterocycles. The van der Waals surface area contributed by atoms with Crippen molar-refractivity contribution < 1.29 is 0 Å². The maximum Gasteiger partial charge on any atom is 0.0736 e. The summed E-state index contributed by atoms with van der Waals surface area (Å²) in [6.45, 7) is 12.0. The average Bonchev–Trinajstić information content (AvgIpc) is 2.39. The molecule has 0 nitrogen and oxygen atoms in total. The van der Waals surface area contributed by atoms with Crippen molar-refractivity contribution in [3.63, 3.8) is 0 Å². The van der Waals surface area contributed by atoms with Crippen molar-refractivity contribution in [1.82, 2.24) is 0 Å². The molecule has 0 radical (unpaired) electrons. The molecule has 0 amide bonds. The van der Waals surface area contributed by atoms with Gasteiger partial charge in [-0.05, 0) is 11.1 Å². The van der Waals surface area contributed by atoms with Crippen LogP contribution in [0.4, 0.5) is 0 Å². The highest BCUT2D eigenvalue weighted by Gasteiger charge is 2.38. The summed E-state index contributed by atoms with van der Waals surface area (Å²) >= 11 is 0. The smallest absolute Gasteiger partial charge is 0.0707 e. The van der Waals surface area contributed by atoms with Crippen LogP contribution < -0.4 is 0 Å². The maximum atomic E-state index is 2.44. The second kappa shape index (κ2) is 3.08. The molecule has 0 heterocycles. The van der Waals surface area contributed by atoms with E-state index in [0.717, 1.165) is 0 Å². The van der Waals surface area contributed by atoms with Gasteiger partial charge in [-0.15, -0.1) is 0 Å². The maximum absolute atomic E-state index is 2.44. The second-order valence-electron chi connectivity index (χ2n) is 6.02. The van der Waals surface area contributed by atoms with E-state index in [0.29, 0.717) is 0 Å². The predicted molar refractivity (Wildman–Crippen MR) is 70.8 cm³/mol. The van der Waals surface area contributed by atoms with Crippen molar-refractivity contribution in [2.24, 2.45) is 0 Å². The first-order valence-electron chi connectivity index (χ1n) is 5.65. The van der Waals surface area contributed by atoms with Crippen molar-refractivity contribution in [1.29, 1.82) is 0 Å². The fourth-order valence-electron chi connectivity index (χ4n) is 2.83. The van der Waals surface area contributed by atoms with E-state index in [1.165, 1.54) is 11.1 Å². The minimum Gasteiger partial charge on any atom is -0.0707 e. The van der Waals surface area contributed by atoms with E-state index in [9.17, 15) is 0 Å². The molecule has 1 aromatic carbocycles. The first kappa shape index (κ1) is 10.7. The third-order valence-corrected chi connectivity index (χ3v) is 5.80. The van der Waals surface area contributed by atoms with Crippen LogP contribution in [-0.4, -0.2) is 8.07 Å². The van der Waals surface area contributed by atoms with Gasteiger partial charge in [0.15, 0.2) is 0 Å². The first-order valence-corrected chi connectivity index (χ1v) is 9.15. The Morgan fingerprint density at radius 1 is 1.00 bits per heavy atom. The summed E-state index contributed by atoms with van der Waals surface area (Å²) in [7, 11) is -1.20. The first-order chi connectivity index (χ1) is 6.83. The Bertz CT molecular complexity index is 419. The van der Waals surface area contributed by atoms with E-state index in [1.807, 2.05) is 0 Å². The molecule has 1 aromatic rings. The normalized spacial score (nSPS) is 18.6. The van der Waals surface area contributed by atoms with Crippen LogP contribution in [0.1, 0.15) is 25.0 Å². The topological polar surface area (TPSA) is 0 Å². The standard InChI is InChI=1S/C14H20Si/c1-14(2)12-9-7-6-8-11(12)10-13(14)15(3,4)5/h6-10H,1-5H3. The molecular weight excluding hydrogens is 196 g/mol. The Hall–Kier alpha value is -0.823. The molecule has 80 valence electrons. The molecular formula is C14H20Si. The molecule has 0 saturated heterocycles. The Balaban J connectivity index is 2.59. The van der Waals surface area contributed by atoms with E-state index in [2.05, 4.69) is 63.8 Å². The number of benzene rings is 1. The van der Waals surface area contributed by atoms with Crippen LogP contribution in [0.2, 0.25) is 19.6 Å². The van der Waals surface area contributed by atoms with Crippen LogP contribution in [0, 0.1) is 0 Å². The number of hydrogen-bond donors (Lipinski definition) is 0. The van der Waals surface area contributed by atoms with Gasteiger partial charge in [0, 0.05) is 5.41 Å². The Morgan fingerprint density at radius 2 is 1.60 bits per heavy atom. The largest absolute Gasteiger partial charge is 0.0736 e. The average molecular weight is 216 g/mol. The van der Waals surface area contributed by atoms with Gasteiger partial charge >= 0.3 is 0 Å². The van der Waals surface area contributed by atoms with Gasteiger partial charge in [-0.25, -0.2) is 0 Å². The van der Waals surface area contributed by atoms with Gasteiger partial charge < -0.3 is 0 Å². The van der Waals surface area contributed by atoms with Gasteiger partial charge in [0.1, 0.15) is 0 Å². The van der Waals surface area contributed by atoms with E-state index in [-0.39, 0.29) is 5.41 Å². The lowest BCUT2D eigenvalue weighted by Crippen LogP contribution is -2.34. The third-order valence-electron chi connectivity index (χ3n) is 3.42. The molecule has 0 fully saturated rings. The van der Waals surface area contributed by atoms with Crippen molar-refractivity contribution in [3.8, 4) is 0 Å². The third kappa shape index (κ3) is 1.59. The van der Waals surface area contributed by atoms with Crippen molar-refractivity contribution in [3.05, 3.63) is 40.6 Å². The van der Waals surface area contributed by atoms with Gasteiger partial charge in [-0.1, -0.05) is 69.0 Å². The number of fused-ring (bicyclic) bond motifs is 1. The lowest BCUT2D eigenvalue weighted by Gasteiger charge is -2.32. The van der Waals surface area contributed by atoms with E-state index in [1.54, 1.807) is 5.20 Å². The summed E-state index contributed by atoms with van der Waals surface area (Å²) in [5.74, 6) is 0. The zero-order valence-electron chi connectivity index (χ0n) is 10.4. The summed E-state index contributed by atoms with van der Waals surface area (Å²) < 4.78 is 0. The highest BCUT2D eigenvalue weighted by Crippen LogP contribution is 2.44. The summed E-state index contributed by atoms with van der Waals surface area (Å²) in [5.41, 5.74) is 3.18. The molecule has 0 aromatic heterocycles. The Kier molecular flexibility index (Phi) is 2.20. The van der Waals surface area contributed by atoms with Crippen LogP contribution in [0.3, 0.4) is 0 Å². The zero-order valence-corrected chi connectivity index (χ0v) is 11.4. The molecule has 0 unspecified atom stereocenters. The second-order valence-corrected chi connectivity index (χ2v) is 11.1. The Morgan fingerprint density at radius 3 is 2.13 bits per heavy atom. The van der Waals surface area contributed by atoms with Crippen molar-refractivity contribution in [2.45, 2.75) is 38.9 Å². The van der Waals surface area contributed by atoms with Gasteiger partial charge in [0.25, 0.3) is 0 Å².